The molecule has 0 saturated heterocycles. The highest BCUT2D eigenvalue weighted by Gasteiger charge is 2.31. The van der Waals surface area contributed by atoms with E-state index in [4.69, 9.17) is 0 Å². The van der Waals surface area contributed by atoms with E-state index in [1.807, 2.05) is 0 Å². The van der Waals surface area contributed by atoms with Gasteiger partial charge in [-0.2, -0.15) is 0 Å². The Morgan fingerprint density at radius 3 is 2.07 bits per heavy atom. The maximum atomic E-state index is 13.0. The largest absolute Gasteiger partial charge is 0.325 e. The predicted octanol–water partition coefficient (Wildman–Crippen LogP) is 4.20. The maximum Gasteiger partial charge on any atom is 0.224 e. The van der Waals surface area contributed by atoms with Gasteiger partial charge in [0.05, 0.1) is 11.3 Å². The summed E-state index contributed by atoms with van der Waals surface area (Å²) in [5.74, 6) is -1.81. The van der Waals surface area contributed by atoms with E-state index >= 15 is 0 Å². The standard InChI is InChI=1S/C24H16FNO4/c25-15-10-8-14(9-11-15)20(27)12-13-21(28)26-19-7-3-6-18-22(19)24(30)17-5-2-1-4-16(17)23(18)29/h1-11H,12-13H2,(H,26,28). The van der Waals surface area contributed by atoms with Crippen LogP contribution in [0.15, 0.2) is 66.7 Å². The van der Waals surface area contributed by atoms with Crippen molar-refractivity contribution >= 4 is 28.9 Å². The third-order valence-electron chi connectivity index (χ3n) is 4.97. The first-order valence-electron chi connectivity index (χ1n) is 9.36. The van der Waals surface area contributed by atoms with Crippen molar-refractivity contribution in [1.82, 2.24) is 0 Å². The molecule has 0 radical (unpaired) electrons. The molecular formula is C24H16FNO4. The monoisotopic (exact) mass is 401 g/mol. The Morgan fingerprint density at radius 2 is 1.37 bits per heavy atom. The molecule has 1 amide bonds. The Morgan fingerprint density at radius 1 is 0.733 bits per heavy atom. The average Bonchev–Trinajstić information content (AvgIpc) is 2.76. The highest BCUT2D eigenvalue weighted by atomic mass is 19.1. The van der Waals surface area contributed by atoms with Gasteiger partial charge in [-0.05, 0) is 30.3 Å². The van der Waals surface area contributed by atoms with Gasteiger partial charge in [-0.1, -0.05) is 36.4 Å². The van der Waals surface area contributed by atoms with Crippen LogP contribution in [0.2, 0.25) is 0 Å². The molecule has 0 fully saturated rings. The van der Waals surface area contributed by atoms with Gasteiger partial charge in [0.25, 0.3) is 0 Å². The number of anilines is 1. The second kappa shape index (κ2) is 7.83. The quantitative estimate of drug-likeness (QED) is 0.508. The van der Waals surface area contributed by atoms with Gasteiger partial charge in [-0.3, -0.25) is 19.2 Å². The molecule has 1 aliphatic carbocycles. The molecule has 4 rings (SSSR count). The first-order chi connectivity index (χ1) is 14.5. The van der Waals surface area contributed by atoms with E-state index in [0.29, 0.717) is 16.7 Å². The first kappa shape index (κ1) is 19.4. The zero-order valence-corrected chi connectivity index (χ0v) is 15.8. The van der Waals surface area contributed by atoms with Gasteiger partial charge in [0.1, 0.15) is 5.82 Å². The Hall–Kier alpha value is -3.93. The predicted molar refractivity (Wildman–Crippen MR) is 108 cm³/mol. The lowest BCUT2D eigenvalue weighted by Crippen LogP contribution is -2.24. The van der Waals surface area contributed by atoms with Gasteiger partial charge in [-0.15, -0.1) is 0 Å². The number of rotatable bonds is 5. The van der Waals surface area contributed by atoms with Crippen LogP contribution >= 0.6 is 0 Å². The van der Waals surface area contributed by atoms with Crippen LogP contribution in [0.5, 0.6) is 0 Å². The summed E-state index contributed by atoms with van der Waals surface area (Å²) >= 11 is 0. The van der Waals surface area contributed by atoms with Gasteiger partial charge in [0.2, 0.25) is 5.91 Å². The molecule has 0 unspecified atom stereocenters. The fourth-order valence-corrected chi connectivity index (χ4v) is 3.47. The molecule has 3 aromatic carbocycles. The minimum absolute atomic E-state index is 0.0673. The summed E-state index contributed by atoms with van der Waals surface area (Å²) in [6, 6.07) is 16.4. The van der Waals surface area contributed by atoms with Crippen LogP contribution in [0.25, 0.3) is 0 Å². The van der Waals surface area contributed by atoms with E-state index in [-0.39, 0.29) is 47.0 Å². The third-order valence-corrected chi connectivity index (χ3v) is 4.97. The molecule has 0 bridgehead atoms. The average molecular weight is 401 g/mol. The molecule has 0 atom stereocenters. The van der Waals surface area contributed by atoms with E-state index in [2.05, 4.69) is 5.32 Å². The number of ketones is 3. The van der Waals surface area contributed by atoms with Crippen molar-refractivity contribution in [3.63, 3.8) is 0 Å². The molecule has 148 valence electrons. The summed E-state index contributed by atoms with van der Waals surface area (Å²) in [5, 5.41) is 2.64. The minimum atomic E-state index is -0.460. The van der Waals surface area contributed by atoms with E-state index in [1.165, 1.54) is 24.3 Å². The maximum absolute atomic E-state index is 13.0. The van der Waals surface area contributed by atoms with Crippen LogP contribution in [-0.4, -0.2) is 23.3 Å². The number of hydrogen-bond donors (Lipinski definition) is 1. The molecule has 30 heavy (non-hydrogen) atoms. The Bertz CT molecular complexity index is 1200. The summed E-state index contributed by atoms with van der Waals surface area (Å²) < 4.78 is 13.0. The van der Waals surface area contributed by atoms with Crippen LogP contribution in [0.3, 0.4) is 0 Å². The van der Waals surface area contributed by atoms with Gasteiger partial charge in [0.15, 0.2) is 17.3 Å². The van der Waals surface area contributed by atoms with Crippen molar-refractivity contribution in [3.05, 3.63) is 100 Å². The molecule has 1 aliphatic rings. The van der Waals surface area contributed by atoms with Crippen molar-refractivity contribution < 1.29 is 23.6 Å². The van der Waals surface area contributed by atoms with Gasteiger partial charge >= 0.3 is 0 Å². The van der Waals surface area contributed by atoms with Gasteiger partial charge < -0.3 is 5.32 Å². The Labute approximate surface area is 171 Å². The topological polar surface area (TPSA) is 80.3 Å². The minimum Gasteiger partial charge on any atom is -0.325 e. The molecule has 6 heteroatoms. The van der Waals surface area contributed by atoms with Crippen molar-refractivity contribution in [2.45, 2.75) is 12.8 Å². The number of benzene rings is 3. The summed E-state index contributed by atoms with van der Waals surface area (Å²) in [7, 11) is 0. The first-order valence-corrected chi connectivity index (χ1v) is 9.36. The Kier molecular flexibility index (Phi) is 5.06. The fraction of sp³-hybridized carbons (Fsp3) is 0.0833. The number of fused-ring (bicyclic) bond motifs is 2. The zero-order valence-electron chi connectivity index (χ0n) is 15.8. The zero-order chi connectivity index (χ0) is 21.3. The number of carbonyl (C=O) groups is 4. The van der Waals surface area contributed by atoms with Gasteiger partial charge in [0, 0.05) is 35.1 Å². The molecule has 0 aromatic heterocycles. The van der Waals surface area contributed by atoms with Crippen molar-refractivity contribution in [3.8, 4) is 0 Å². The van der Waals surface area contributed by atoms with Crippen LogP contribution in [0.1, 0.15) is 55.0 Å². The molecule has 3 aromatic rings. The number of Topliss-reactive ketones (excluding diaryl/α,β-unsaturated/α-hetero) is 1. The highest BCUT2D eigenvalue weighted by molar-refractivity contribution is 6.30. The molecule has 0 saturated carbocycles. The van der Waals surface area contributed by atoms with Crippen molar-refractivity contribution in [1.29, 1.82) is 0 Å². The summed E-state index contributed by atoms with van der Waals surface area (Å²) in [6.07, 6.45) is -0.180. The van der Waals surface area contributed by atoms with Crippen molar-refractivity contribution in [2.24, 2.45) is 0 Å². The lowest BCUT2D eigenvalue weighted by Gasteiger charge is -2.20. The smallest absolute Gasteiger partial charge is 0.224 e. The second-order valence-electron chi connectivity index (χ2n) is 6.91. The Balaban J connectivity index is 1.51. The van der Waals surface area contributed by atoms with Crippen LogP contribution in [-0.2, 0) is 4.79 Å². The number of amides is 1. The summed E-state index contributed by atoms with van der Waals surface area (Å²) in [4.78, 5) is 50.3. The van der Waals surface area contributed by atoms with E-state index < -0.39 is 11.7 Å². The molecule has 0 aliphatic heterocycles. The third kappa shape index (κ3) is 3.55. The van der Waals surface area contributed by atoms with Crippen LogP contribution in [0.4, 0.5) is 10.1 Å². The highest BCUT2D eigenvalue weighted by Crippen LogP contribution is 2.32. The summed E-state index contributed by atoms with van der Waals surface area (Å²) in [5.41, 5.74) is 1.57. The normalized spacial score (nSPS) is 12.2. The molecular weight excluding hydrogens is 385 g/mol. The number of halogens is 1. The number of nitrogens with one attached hydrogen (secondary N) is 1. The molecule has 1 N–H and O–H groups in total. The van der Waals surface area contributed by atoms with Crippen LogP contribution in [0, 0.1) is 5.82 Å². The lowest BCUT2D eigenvalue weighted by molar-refractivity contribution is -0.116. The van der Waals surface area contributed by atoms with E-state index in [1.54, 1.807) is 42.5 Å². The van der Waals surface area contributed by atoms with E-state index in [9.17, 15) is 23.6 Å². The number of hydrogen-bond acceptors (Lipinski definition) is 4. The molecule has 0 spiro atoms. The second-order valence-corrected chi connectivity index (χ2v) is 6.91. The van der Waals surface area contributed by atoms with Gasteiger partial charge in [-0.25, -0.2) is 4.39 Å². The van der Waals surface area contributed by atoms with Crippen LogP contribution < -0.4 is 5.32 Å². The molecule has 5 nitrogen and oxygen atoms in total. The SMILES string of the molecule is O=C(CCC(=O)c1ccc(F)cc1)Nc1cccc2c1C(=O)c1ccccc1C2=O. The lowest BCUT2D eigenvalue weighted by atomic mass is 9.83. The van der Waals surface area contributed by atoms with Crippen molar-refractivity contribution in [2.75, 3.05) is 5.32 Å². The molecule has 0 heterocycles. The fourth-order valence-electron chi connectivity index (χ4n) is 3.47. The summed E-state index contributed by atoms with van der Waals surface area (Å²) in [6.45, 7) is 0. The number of carbonyl (C=O) groups excluding carboxylic acids is 4. The van der Waals surface area contributed by atoms with E-state index in [0.717, 1.165) is 0 Å².